The monoisotopic (exact) mass is 410 g/mol. The zero-order valence-corrected chi connectivity index (χ0v) is 16.0. The van der Waals surface area contributed by atoms with E-state index in [1.807, 2.05) is 0 Å². The van der Waals surface area contributed by atoms with E-state index >= 15 is 0 Å². The van der Waals surface area contributed by atoms with Crippen LogP contribution >= 0.6 is 0 Å². The van der Waals surface area contributed by atoms with Gasteiger partial charge >= 0.3 is 0 Å². The molecule has 144 valence electrons. The fourth-order valence-corrected chi connectivity index (χ4v) is 5.08. The molecule has 2 aromatic rings. The van der Waals surface area contributed by atoms with Crippen LogP contribution in [0.2, 0.25) is 0 Å². The lowest BCUT2D eigenvalue weighted by Crippen LogP contribution is -2.52. The smallest absolute Gasteiger partial charge is 0.258 e. The molecule has 1 amide bonds. The minimum Gasteiger partial charge on any atom is -0.334 e. The second-order valence-electron chi connectivity index (χ2n) is 5.76. The van der Waals surface area contributed by atoms with Gasteiger partial charge in [-0.15, -0.1) is 5.12 Å². The molecule has 1 atom stereocenters. The van der Waals surface area contributed by atoms with Crippen molar-refractivity contribution >= 4 is 32.3 Å². The maximum Gasteiger partial charge on any atom is 0.258 e. The number of carbonyl (C=O) groups is 1. The number of carbonyl (C=O) groups excluding carboxylic acids is 1. The Morgan fingerprint density at radius 3 is 2.41 bits per heavy atom. The first kappa shape index (κ1) is 19.3. The van der Waals surface area contributed by atoms with Crippen molar-refractivity contribution in [1.82, 2.24) is 14.8 Å². The van der Waals surface area contributed by atoms with E-state index in [0.29, 0.717) is 15.7 Å². The van der Waals surface area contributed by atoms with Crippen molar-refractivity contribution < 1.29 is 21.6 Å². The molecule has 0 saturated carbocycles. The van der Waals surface area contributed by atoms with Crippen molar-refractivity contribution in [3.05, 3.63) is 60.2 Å². The van der Waals surface area contributed by atoms with E-state index in [9.17, 15) is 21.6 Å². The first-order chi connectivity index (χ1) is 12.8. The number of para-hydroxylation sites is 1. The molecule has 1 aliphatic rings. The molecular formula is C16H18N4O5S2. The van der Waals surface area contributed by atoms with Gasteiger partial charge in [0.2, 0.25) is 5.91 Å². The number of amides is 1. The van der Waals surface area contributed by atoms with E-state index in [-0.39, 0.29) is 4.90 Å². The molecule has 0 aromatic heterocycles. The van der Waals surface area contributed by atoms with Crippen LogP contribution in [0.4, 0.5) is 5.69 Å². The summed E-state index contributed by atoms with van der Waals surface area (Å²) in [6.07, 6.45) is -0.896. The van der Waals surface area contributed by atoms with Crippen molar-refractivity contribution in [2.75, 3.05) is 11.3 Å². The summed E-state index contributed by atoms with van der Waals surface area (Å²) in [7, 11) is -7.28. The molecular weight excluding hydrogens is 392 g/mol. The van der Waals surface area contributed by atoms with Gasteiger partial charge < -0.3 is 10.7 Å². The maximum absolute atomic E-state index is 13.1. The quantitative estimate of drug-likeness (QED) is 0.599. The van der Waals surface area contributed by atoms with E-state index in [0.717, 1.165) is 5.12 Å². The zero-order chi connectivity index (χ0) is 19.6. The molecule has 1 unspecified atom stereocenters. The molecule has 2 N–H and O–H groups in total. The van der Waals surface area contributed by atoms with Crippen LogP contribution in [0.3, 0.4) is 0 Å². The first-order valence-corrected chi connectivity index (χ1v) is 10.7. The fourth-order valence-electron chi connectivity index (χ4n) is 2.75. The second kappa shape index (κ2) is 7.64. The van der Waals surface area contributed by atoms with Crippen molar-refractivity contribution in [1.29, 1.82) is 0 Å². The number of fused-ring (bicyclic) bond motifs is 1. The van der Waals surface area contributed by atoms with Crippen LogP contribution in [0.25, 0.3) is 0 Å². The number of rotatable bonds is 6. The number of thiol groups is 1. The summed E-state index contributed by atoms with van der Waals surface area (Å²) >= 11 is 0. The summed E-state index contributed by atoms with van der Waals surface area (Å²) < 4.78 is 49.8. The van der Waals surface area contributed by atoms with Crippen LogP contribution in [0.15, 0.2) is 59.5 Å². The van der Waals surface area contributed by atoms with Gasteiger partial charge in [-0.2, -0.15) is 0 Å². The largest absolute Gasteiger partial charge is 0.334 e. The highest BCUT2D eigenvalue weighted by atomic mass is 32.2. The average molecular weight is 410 g/mol. The van der Waals surface area contributed by atoms with Gasteiger partial charge in [0, 0.05) is 12.5 Å². The molecule has 0 saturated heterocycles. The van der Waals surface area contributed by atoms with E-state index in [1.54, 1.807) is 42.5 Å². The number of hydrogen-bond donors (Lipinski definition) is 3. The number of anilines is 1. The van der Waals surface area contributed by atoms with Crippen LogP contribution < -0.4 is 10.7 Å². The molecule has 9 nitrogen and oxygen atoms in total. The van der Waals surface area contributed by atoms with E-state index < -0.39 is 38.7 Å². The normalized spacial score (nSPS) is 16.9. The standard InChI is InChI=1S/C16H18N4O5S2/c1-12(21)17-16-14-9-5-6-10-15(14)18-20(16)19(11-26(22)23)27(24,25)13-7-3-2-4-8-13/h2-10,16,18,26H,11H2,1H3,(H,17,21). The molecule has 0 bridgehead atoms. The van der Waals surface area contributed by atoms with Gasteiger partial charge in [0.1, 0.15) is 12.0 Å². The SMILES string of the molecule is CC(=O)NC1c2ccccc2NN1N(C[SH](=O)=O)S(=O)(=O)c1ccccc1. The van der Waals surface area contributed by atoms with Crippen LogP contribution in [0.5, 0.6) is 0 Å². The number of nitrogens with zero attached hydrogens (tertiary/aromatic N) is 2. The Kier molecular flexibility index (Phi) is 5.46. The summed E-state index contributed by atoms with van der Waals surface area (Å²) in [6, 6.07) is 14.4. The third kappa shape index (κ3) is 3.95. The van der Waals surface area contributed by atoms with Crippen molar-refractivity contribution in [3.8, 4) is 0 Å². The Morgan fingerprint density at radius 2 is 1.78 bits per heavy atom. The molecule has 2 aromatic carbocycles. The summed E-state index contributed by atoms with van der Waals surface area (Å²) in [6.45, 7) is 1.29. The summed E-state index contributed by atoms with van der Waals surface area (Å²) in [5, 5.41) is 3.76. The lowest BCUT2D eigenvalue weighted by Gasteiger charge is -2.33. The van der Waals surface area contributed by atoms with E-state index in [2.05, 4.69) is 10.7 Å². The minimum atomic E-state index is -4.20. The van der Waals surface area contributed by atoms with Gasteiger partial charge in [0.15, 0.2) is 10.7 Å². The van der Waals surface area contributed by atoms with Gasteiger partial charge in [-0.05, 0) is 18.2 Å². The highest BCUT2D eigenvalue weighted by Crippen LogP contribution is 2.36. The second-order valence-corrected chi connectivity index (χ2v) is 8.55. The van der Waals surface area contributed by atoms with Crippen LogP contribution in [0.1, 0.15) is 18.7 Å². The Morgan fingerprint density at radius 1 is 1.15 bits per heavy atom. The number of sulfonamides is 1. The number of nitrogens with one attached hydrogen (secondary N) is 2. The first-order valence-electron chi connectivity index (χ1n) is 7.92. The number of hydrogen-bond acceptors (Lipinski definition) is 7. The van der Waals surface area contributed by atoms with Crippen molar-refractivity contribution in [2.24, 2.45) is 0 Å². The van der Waals surface area contributed by atoms with Gasteiger partial charge in [0.25, 0.3) is 10.0 Å². The van der Waals surface area contributed by atoms with E-state index in [4.69, 9.17) is 0 Å². The lowest BCUT2D eigenvalue weighted by molar-refractivity contribution is -0.122. The van der Waals surface area contributed by atoms with Crippen LogP contribution in [0, 0.1) is 0 Å². The molecule has 1 aliphatic heterocycles. The summed E-state index contributed by atoms with van der Waals surface area (Å²) in [5.41, 5.74) is 4.04. The third-order valence-corrected chi connectivity index (χ3v) is 6.29. The topological polar surface area (TPSA) is 116 Å². The summed E-state index contributed by atoms with van der Waals surface area (Å²) in [5.74, 6) is -1.18. The Hall–Kier alpha value is -2.47. The molecule has 1 heterocycles. The summed E-state index contributed by atoms with van der Waals surface area (Å²) in [4.78, 5) is 11.6. The minimum absolute atomic E-state index is 0.0684. The molecule has 11 heteroatoms. The number of hydrazine groups is 2. The lowest BCUT2D eigenvalue weighted by atomic mass is 10.1. The molecule has 0 spiro atoms. The molecule has 3 rings (SSSR count). The molecule has 0 radical (unpaired) electrons. The Labute approximate surface area is 158 Å². The zero-order valence-electron chi connectivity index (χ0n) is 14.3. The molecule has 27 heavy (non-hydrogen) atoms. The fraction of sp³-hybridized carbons (Fsp3) is 0.188. The van der Waals surface area contributed by atoms with Crippen LogP contribution in [-0.2, 0) is 25.5 Å². The predicted octanol–water partition coefficient (Wildman–Crippen LogP) is 0.639. The highest BCUT2D eigenvalue weighted by molar-refractivity contribution is 7.89. The molecule has 0 fully saturated rings. The van der Waals surface area contributed by atoms with Gasteiger partial charge in [0.05, 0.1) is 10.6 Å². The third-order valence-electron chi connectivity index (χ3n) is 3.87. The maximum atomic E-state index is 13.1. The Bertz CT molecular complexity index is 1020. The van der Waals surface area contributed by atoms with Gasteiger partial charge in [-0.3, -0.25) is 4.79 Å². The number of benzene rings is 2. The van der Waals surface area contributed by atoms with Gasteiger partial charge in [-0.1, -0.05) is 40.8 Å². The predicted molar refractivity (Wildman–Crippen MR) is 99.1 cm³/mol. The van der Waals surface area contributed by atoms with E-state index in [1.165, 1.54) is 19.1 Å². The van der Waals surface area contributed by atoms with Gasteiger partial charge in [-0.25, -0.2) is 16.8 Å². The highest BCUT2D eigenvalue weighted by Gasteiger charge is 2.41. The van der Waals surface area contributed by atoms with Crippen LogP contribution in [-0.4, -0.2) is 38.2 Å². The average Bonchev–Trinajstić information content (AvgIpc) is 2.98. The Balaban J connectivity index is 2.08. The van der Waals surface area contributed by atoms with Crippen molar-refractivity contribution in [2.45, 2.75) is 18.0 Å². The van der Waals surface area contributed by atoms with Crippen molar-refractivity contribution in [3.63, 3.8) is 0 Å². The molecule has 0 aliphatic carbocycles.